The van der Waals surface area contributed by atoms with Crippen LogP contribution in [-0.2, 0) is 6.54 Å². The lowest BCUT2D eigenvalue weighted by Crippen LogP contribution is -2.35. The fourth-order valence-electron chi connectivity index (χ4n) is 1.45. The zero-order chi connectivity index (χ0) is 13.6. The first-order chi connectivity index (χ1) is 8.42. The van der Waals surface area contributed by atoms with E-state index in [0.29, 0.717) is 13.0 Å². The minimum Gasteiger partial charge on any atom is -0.491 e. The molecule has 2 N–H and O–H groups in total. The van der Waals surface area contributed by atoms with Gasteiger partial charge in [-0.25, -0.2) is 0 Å². The van der Waals surface area contributed by atoms with Crippen LogP contribution in [0.4, 0.5) is 0 Å². The Kier molecular flexibility index (Phi) is 5.63. The monoisotopic (exact) mass is 251 g/mol. The fraction of sp³-hybridized carbons (Fsp3) is 0.600. The van der Waals surface area contributed by atoms with Gasteiger partial charge in [0, 0.05) is 17.6 Å². The maximum atomic E-state index is 9.53. The SMILES string of the molecule is CCC(O)COc1ccccc1CNC(C)(C)C. The zero-order valence-corrected chi connectivity index (χ0v) is 11.9. The third kappa shape index (κ3) is 5.52. The van der Waals surface area contributed by atoms with Gasteiger partial charge in [0.2, 0.25) is 0 Å². The Morgan fingerprint density at radius 2 is 1.94 bits per heavy atom. The molecule has 0 aliphatic heterocycles. The van der Waals surface area contributed by atoms with Crippen LogP contribution in [0.2, 0.25) is 0 Å². The topological polar surface area (TPSA) is 41.5 Å². The standard InChI is InChI=1S/C15H25NO2/c1-5-13(17)11-18-14-9-7-6-8-12(14)10-16-15(2,3)4/h6-9,13,16-17H,5,10-11H2,1-4H3. The number of hydrogen-bond donors (Lipinski definition) is 2. The number of aliphatic hydroxyl groups excluding tert-OH is 1. The van der Waals surface area contributed by atoms with Gasteiger partial charge < -0.3 is 15.2 Å². The molecule has 0 saturated heterocycles. The van der Waals surface area contributed by atoms with E-state index in [9.17, 15) is 5.11 Å². The van der Waals surface area contributed by atoms with Crippen molar-refractivity contribution in [3.63, 3.8) is 0 Å². The molecule has 0 fully saturated rings. The van der Waals surface area contributed by atoms with E-state index in [1.807, 2.05) is 31.2 Å². The Morgan fingerprint density at radius 1 is 1.28 bits per heavy atom. The van der Waals surface area contributed by atoms with Gasteiger partial charge in [0.15, 0.2) is 0 Å². The molecule has 3 heteroatoms. The maximum Gasteiger partial charge on any atom is 0.123 e. The van der Waals surface area contributed by atoms with E-state index in [0.717, 1.165) is 17.9 Å². The lowest BCUT2D eigenvalue weighted by atomic mass is 10.1. The van der Waals surface area contributed by atoms with E-state index in [4.69, 9.17) is 4.74 Å². The summed E-state index contributed by atoms with van der Waals surface area (Å²) in [6, 6.07) is 7.95. The molecule has 1 aromatic rings. The summed E-state index contributed by atoms with van der Waals surface area (Å²) in [4.78, 5) is 0. The second-order valence-electron chi connectivity index (χ2n) is 5.58. The lowest BCUT2D eigenvalue weighted by Gasteiger charge is -2.22. The molecular formula is C15H25NO2. The molecule has 1 aromatic carbocycles. The van der Waals surface area contributed by atoms with Gasteiger partial charge >= 0.3 is 0 Å². The molecule has 0 bridgehead atoms. The van der Waals surface area contributed by atoms with Crippen molar-refractivity contribution >= 4 is 0 Å². The van der Waals surface area contributed by atoms with Crippen molar-refractivity contribution in [2.24, 2.45) is 0 Å². The number of ether oxygens (including phenoxy) is 1. The molecule has 0 aliphatic carbocycles. The summed E-state index contributed by atoms with van der Waals surface area (Å²) in [5, 5.41) is 13.0. The maximum absolute atomic E-state index is 9.53. The molecule has 1 atom stereocenters. The summed E-state index contributed by atoms with van der Waals surface area (Å²) in [7, 11) is 0. The predicted octanol–water partition coefficient (Wildman–Crippen LogP) is 2.72. The number of benzene rings is 1. The molecule has 0 amide bonds. The van der Waals surface area contributed by atoms with E-state index in [2.05, 4.69) is 26.1 Å². The largest absolute Gasteiger partial charge is 0.491 e. The van der Waals surface area contributed by atoms with E-state index < -0.39 is 6.10 Å². The summed E-state index contributed by atoms with van der Waals surface area (Å²) in [6.07, 6.45) is 0.316. The molecule has 0 radical (unpaired) electrons. The van der Waals surface area contributed by atoms with Crippen molar-refractivity contribution in [3.05, 3.63) is 29.8 Å². The van der Waals surface area contributed by atoms with E-state index in [1.54, 1.807) is 0 Å². The lowest BCUT2D eigenvalue weighted by molar-refractivity contribution is 0.103. The second kappa shape index (κ2) is 6.76. The molecular weight excluding hydrogens is 226 g/mol. The van der Waals surface area contributed by atoms with Crippen LogP contribution in [0.25, 0.3) is 0 Å². The molecule has 1 rings (SSSR count). The second-order valence-corrected chi connectivity index (χ2v) is 5.58. The highest BCUT2D eigenvalue weighted by Gasteiger charge is 2.11. The number of aliphatic hydroxyl groups is 1. The predicted molar refractivity (Wildman–Crippen MR) is 74.8 cm³/mol. The molecule has 102 valence electrons. The molecule has 0 aromatic heterocycles. The highest BCUT2D eigenvalue weighted by Crippen LogP contribution is 2.19. The van der Waals surface area contributed by atoms with Crippen LogP contribution in [0, 0.1) is 0 Å². The molecule has 0 spiro atoms. The summed E-state index contributed by atoms with van der Waals surface area (Å²) in [6.45, 7) is 9.47. The number of nitrogens with one attached hydrogen (secondary N) is 1. The van der Waals surface area contributed by atoms with E-state index in [-0.39, 0.29) is 5.54 Å². The van der Waals surface area contributed by atoms with Crippen molar-refractivity contribution in [2.45, 2.75) is 52.3 Å². The van der Waals surface area contributed by atoms with Crippen LogP contribution in [0.3, 0.4) is 0 Å². The van der Waals surface area contributed by atoms with Crippen LogP contribution in [0.1, 0.15) is 39.7 Å². The zero-order valence-electron chi connectivity index (χ0n) is 11.9. The van der Waals surface area contributed by atoms with Gasteiger partial charge in [-0.15, -0.1) is 0 Å². The minimum atomic E-state index is -0.395. The van der Waals surface area contributed by atoms with Gasteiger partial charge in [-0.1, -0.05) is 25.1 Å². The van der Waals surface area contributed by atoms with Gasteiger partial charge in [-0.05, 0) is 33.3 Å². The molecule has 1 unspecified atom stereocenters. The molecule has 0 saturated carbocycles. The van der Waals surface area contributed by atoms with Crippen molar-refractivity contribution in [1.82, 2.24) is 5.32 Å². The van der Waals surface area contributed by atoms with Crippen molar-refractivity contribution in [2.75, 3.05) is 6.61 Å². The number of hydrogen-bond acceptors (Lipinski definition) is 3. The fourth-order valence-corrected chi connectivity index (χ4v) is 1.45. The first kappa shape index (κ1) is 15.0. The summed E-state index contributed by atoms with van der Waals surface area (Å²) < 4.78 is 5.67. The third-order valence-corrected chi connectivity index (χ3v) is 2.68. The Hall–Kier alpha value is -1.06. The average molecular weight is 251 g/mol. The van der Waals surface area contributed by atoms with Crippen LogP contribution in [0.5, 0.6) is 5.75 Å². The van der Waals surface area contributed by atoms with E-state index >= 15 is 0 Å². The van der Waals surface area contributed by atoms with Gasteiger partial charge in [-0.3, -0.25) is 0 Å². The van der Waals surface area contributed by atoms with Gasteiger partial charge in [0.05, 0.1) is 6.10 Å². The molecule has 18 heavy (non-hydrogen) atoms. The Bertz CT molecular complexity index is 358. The highest BCUT2D eigenvalue weighted by molar-refractivity contribution is 5.33. The summed E-state index contributed by atoms with van der Waals surface area (Å²) in [5.41, 5.74) is 1.20. The molecule has 3 nitrogen and oxygen atoms in total. The normalized spacial score (nSPS) is 13.4. The van der Waals surface area contributed by atoms with Crippen LogP contribution < -0.4 is 10.1 Å². The van der Waals surface area contributed by atoms with Crippen LogP contribution >= 0.6 is 0 Å². The van der Waals surface area contributed by atoms with Gasteiger partial charge in [0.25, 0.3) is 0 Å². The first-order valence-corrected chi connectivity index (χ1v) is 6.56. The van der Waals surface area contributed by atoms with Gasteiger partial charge in [0.1, 0.15) is 12.4 Å². The summed E-state index contributed by atoms with van der Waals surface area (Å²) in [5.74, 6) is 0.849. The third-order valence-electron chi connectivity index (χ3n) is 2.68. The van der Waals surface area contributed by atoms with Gasteiger partial charge in [-0.2, -0.15) is 0 Å². The van der Waals surface area contributed by atoms with E-state index in [1.165, 1.54) is 0 Å². The first-order valence-electron chi connectivity index (χ1n) is 6.56. The number of para-hydroxylation sites is 1. The van der Waals surface area contributed by atoms with Crippen LogP contribution in [-0.4, -0.2) is 23.4 Å². The molecule has 0 heterocycles. The van der Waals surface area contributed by atoms with Crippen LogP contribution in [0.15, 0.2) is 24.3 Å². The Morgan fingerprint density at radius 3 is 2.56 bits per heavy atom. The smallest absolute Gasteiger partial charge is 0.123 e. The highest BCUT2D eigenvalue weighted by atomic mass is 16.5. The number of rotatable bonds is 6. The Labute approximate surface area is 110 Å². The minimum absolute atomic E-state index is 0.0794. The Balaban J connectivity index is 2.62. The van der Waals surface area contributed by atoms with Crippen molar-refractivity contribution < 1.29 is 9.84 Å². The summed E-state index contributed by atoms with van der Waals surface area (Å²) >= 11 is 0. The van der Waals surface area contributed by atoms with Crippen molar-refractivity contribution in [3.8, 4) is 5.75 Å². The molecule has 0 aliphatic rings. The van der Waals surface area contributed by atoms with Crippen molar-refractivity contribution in [1.29, 1.82) is 0 Å². The quantitative estimate of drug-likeness (QED) is 0.817. The average Bonchev–Trinajstić information content (AvgIpc) is 2.33.